The molecular weight excluding hydrogens is 250 g/mol. The van der Waals surface area contributed by atoms with E-state index in [1.54, 1.807) is 0 Å². The van der Waals surface area contributed by atoms with Crippen LogP contribution >= 0.6 is 0 Å². The van der Waals surface area contributed by atoms with Gasteiger partial charge in [-0.1, -0.05) is 24.3 Å². The Morgan fingerprint density at radius 2 is 2.00 bits per heavy atom. The smallest absolute Gasteiger partial charge is 0.264 e. The molecule has 1 heterocycles. The molecule has 1 aromatic carbocycles. The van der Waals surface area contributed by atoms with Crippen LogP contribution in [0.4, 0.5) is 0 Å². The van der Waals surface area contributed by atoms with E-state index >= 15 is 0 Å². The van der Waals surface area contributed by atoms with Crippen LogP contribution in [-0.4, -0.2) is 31.0 Å². The summed E-state index contributed by atoms with van der Waals surface area (Å²) < 4.78 is 29.9. The van der Waals surface area contributed by atoms with Gasteiger partial charge in [-0.3, -0.25) is 9.55 Å². The highest BCUT2D eigenvalue weighted by Crippen LogP contribution is 2.18. The number of hydrogen-bond acceptors (Lipinski definition) is 3. The molecule has 0 aliphatic carbocycles. The van der Waals surface area contributed by atoms with E-state index in [0.717, 1.165) is 31.5 Å². The van der Waals surface area contributed by atoms with E-state index in [-0.39, 0.29) is 5.75 Å². The lowest BCUT2D eigenvalue weighted by molar-refractivity contribution is 0.480. The summed E-state index contributed by atoms with van der Waals surface area (Å²) in [5, 5.41) is 0. The van der Waals surface area contributed by atoms with E-state index in [9.17, 15) is 8.42 Å². The van der Waals surface area contributed by atoms with Gasteiger partial charge in [-0.2, -0.15) is 8.42 Å². The van der Waals surface area contributed by atoms with Crippen molar-refractivity contribution in [1.82, 2.24) is 0 Å². The number of unbranched alkanes of at least 4 members (excludes halogenated alkanes) is 1. The number of aliphatic imine (C=N–C) groups is 1. The van der Waals surface area contributed by atoms with Crippen LogP contribution in [0.25, 0.3) is 0 Å². The summed E-state index contributed by atoms with van der Waals surface area (Å²) >= 11 is 0. The first-order valence-corrected chi connectivity index (χ1v) is 7.74. The van der Waals surface area contributed by atoms with Crippen LogP contribution in [-0.2, 0) is 16.5 Å². The first-order valence-electron chi connectivity index (χ1n) is 6.13. The second kappa shape index (κ2) is 5.63. The molecule has 0 atom stereocenters. The molecular formula is C13H17NO3S. The van der Waals surface area contributed by atoms with Gasteiger partial charge < -0.3 is 0 Å². The minimum Gasteiger partial charge on any atom is -0.289 e. The van der Waals surface area contributed by atoms with Gasteiger partial charge in [-0.05, 0) is 36.8 Å². The number of rotatable bonds is 5. The van der Waals surface area contributed by atoms with Crippen LogP contribution in [0.5, 0.6) is 0 Å². The van der Waals surface area contributed by atoms with E-state index in [2.05, 4.69) is 17.1 Å². The third-order valence-electron chi connectivity index (χ3n) is 3.08. The van der Waals surface area contributed by atoms with E-state index in [0.29, 0.717) is 6.42 Å². The highest BCUT2D eigenvalue weighted by Gasteiger charge is 2.13. The molecule has 0 fully saturated rings. The Balaban J connectivity index is 1.93. The Labute approximate surface area is 108 Å². The summed E-state index contributed by atoms with van der Waals surface area (Å²) in [5.74, 6) is -0.165. The average molecular weight is 267 g/mol. The van der Waals surface area contributed by atoms with E-state index in [1.807, 2.05) is 12.1 Å². The molecule has 0 saturated carbocycles. The van der Waals surface area contributed by atoms with Crippen molar-refractivity contribution in [3.8, 4) is 0 Å². The highest BCUT2D eigenvalue weighted by atomic mass is 32.2. The SMILES string of the molecule is O=S(=O)(O)CCCCC1=NCCc2ccccc21. The largest absolute Gasteiger partial charge is 0.289 e. The number of fused-ring (bicyclic) bond motifs is 1. The maximum atomic E-state index is 10.6. The zero-order valence-electron chi connectivity index (χ0n) is 10.2. The van der Waals surface area contributed by atoms with Gasteiger partial charge in [0.05, 0.1) is 5.75 Å². The lowest BCUT2D eigenvalue weighted by Gasteiger charge is -2.16. The molecule has 0 amide bonds. The van der Waals surface area contributed by atoms with Gasteiger partial charge >= 0.3 is 0 Å². The van der Waals surface area contributed by atoms with Crippen molar-refractivity contribution in [3.63, 3.8) is 0 Å². The van der Waals surface area contributed by atoms with E-state index < -0.39 is 10.1 Å². The van der Waals surface area contributed by atoms with Crippen molar-refractivity contribution in [3.05, 3.63) is 35.4 Å². The minimum atomic E-state index is -3.83. The van der Waals surface area contributed by atoms with Gasteiger partial charge in [0.2, 0.25) is 0 Å². The minimum absolute atomic E-state index is 0.165. The second-order valence-electron chi connectivity index (χ2n) is 4.48. The Bertz CT molecular complexity index is 549. The molecule has 4 nitrogen and oxygen atoms in total. The van der Waals surface area contributed by atoms with Crippen molar-refractivity contribution in [2.45, 2.75) is 25.7 Å². The number of hydrogen-bond donors (Lipinski definition) is 1. The summed E-state index contributed by atoms with van der Waals surface area (Å²) in [6.07, 6.45) is 2.95. The molecule has 2 rings (SSSR count). The zero-order valence-corrected chi connectivity index (χ0v) is 11.0. The molecule has 18 heavy (non-hydrogen) atoms. The van der Waals surface area contributed by atoms with Crippen LogP contribution in [0.15, 0.2) is 29.3 Å². The second-order valence-corrected chi connectivity index (χ2v) is 6.05. The average Bonchev–Trinajstić information content (AvgIpc) is 2.33. The first-order chi connectivity index (χ1) is 8.56. The summed E-state index contributed by atoms with van der Waals surface area (Å²) in [6.45, 7) is 0.810. The molecule has 1 aromatic rings. The van der Waals surface area contributed by atoms with Crippen molar-refractivity contribution >= 4 is 15.8 Å². The fourth-order valence-electron chi connectivity index (χ4n) is 2.21. The highest BCUT2D eigenvalue weighted by molar-refractivity contribution is 7.85. The third-order valence-corrected chi connectivity index (χ3v) is 3.88. The number of nitrogens with zero attached hydrogens (tertiary/aromatic N) is 1. The fourth-order valence-corrected chi connectivity index (χ4v) is 2.78. The maximum absolute atomic E-state index is 10.6. The molecule has 0 radical (unpaired) electrons. The quantitative estimate of drug-likeness (QED) is 0.656. The number of benzene rings is 1. The van der Waals surface area contributed by atoms with Crippen LogP contribution in [0.3, 0.4) is 0 Å². The molecule has 1 aliphatic rings. The standard InChI is InChI=1S/C13H17NO3S/c15-18(16,17)10-4-3-7-13-12-6-2-1-5-11(12)8-9-14-13/h1-2,5-6H,3-4,7-10H2,(H,15,16,17). The van der Waals surface area contributed by atoms with E-state index in [4.69, 9.17) is 4.55 Å². The molecule has 1 aliphatic heterocycles. The predicted molar refractivity (Wildman–Crippen MR) is 71.8 cm³/mol. The van der Waals surface area contributed by atoms with Gasteiger partial charge in [0.1, 0.15) is 0 Å². The Morgan fingerprint density at radius 1 is 1.22 bits per heavy atom. The molecule has 0 bridgehead atoms. The normalized spacial score (nSPS) is 15.1. The zero-order chi connectivity index (χ0) is 13.0. The molecule has 1 N–H and O–H groups in total. The van der Waals surface area contributed by atoms with Gasteiger partial charge in [0.15, 0.2) is 0 Å². The maximum Gasteiger partial charge on any atom is 0.264 e. The Morgan fingerprint density at radius 3 is 2.78 bits per heavy atom. The summed E-state index contributed by atoms with van der Waals surface area (Å²) in [7, 11) is -3.83. The lowest BCUT2D eigenvalue weighted by Crippen LogP contribution is -2.13. The lowest BCUT2D eigenvalue weighted by atomic mass is 9.95. The summed E-state index contributed by atoms with van der Waals surface area (Å²) in [4.78, 5) is 4.51. The van der Waals surface area contributed by atoms with Crippen molar-refractivity contribution < 1.29 is 13.0 Å². The molecule has 98 valence electrons. The molecule has 0 unspecified atom stereocenters. The molecule has 5 heteroatoms. The van der Waals surface area contributed by atoms with Gasteiger partial charge in [-0.15, -0.1) is 0 Å². The van der Waals surface area contributed by atoms with E-state index in [1.165, 1.54) is 11.1 Å². The fraction of sp³-hybridized carbons (Fsp3) is 0.462. The van der Waals surface area contributed by atoms with Crippen molar-refractivity contribution in [2.75, 3.05) is 12.3 Å². The first kappa shape index (κ1) is 13.2. The predicted octanol–water partition coefficient (Wildman–Crippen LogP) is 2.09. The third kappa shape index (κ3) is 3.65. The van der Waals surface area contributed by atoms with Crippen LogP contribution < -0.4 is 0 Å². The summed E-state index contributed by atoms with van der Waals surface area (Å²) in [5.41, 5.74) is 3.57. The Kier molecular flexibility index (Phi) is 4.14. The van der Waals surface area contributed by atoms with Crippen molar-refractivity contribution in [2.24, 2.45) is 4.99 Å². The van der Waals surface area contributed by atoms with Gasteiger partial charge in [-0.25, -0.2) is 0 Å². The topological polar surface area (TPSA) is 66.7 Å². The molecule has 0 aromatic heterocycles. The summed E-state index contributed by atoms with van der Waals surface area (Å²) in [6, 6.07) is 8.20. The van der Waals surface area contributed by atoms with Crippen LogP contribution in [0.1, 0.15) is 30.4 Å². The Hall–Kier alpha value is -1.20. The van der Waals surface area contributed by atoms with Crippen molar-refractivity contribution in [1.29, 1.82) is 0 Å². The van der Waals surface area contributed by atoms with Crippen LogP contribution in [0.2, 0.25) is 0 Å². The monoisotopic (exact) mass is 267 g/mol. The van der Waals surface area contributed by atoms with Crippen LogP contribution in [0, 0.1) is 0 Å². The molecule has 0 saturated heterocycles. The van der Waals surface area contributed by atoms with Gasteiger partial charge in [0.25, 0.3) is 10.1 Å². The molecule has 0 spiro atoms. The van der Waals surface area contributed by atoms with Gasteiger partial charge in [0, 0.05) is 12.3 Å².